The standard InChI is InChI=1S/C17H20ClF3N4O3S3/c1-9(2)8-29-16-24-23-15(30-16)22-14(26)10(3)25(31(4,27)28)11-5-6-13(18)12(7-11)17(19,20)21/h5-7,9-10H,8H2,1-4H3,(H,22,23,26)/t10-/m1/s1. The predicted molar refractivity (Wildman–Crippen MR) is 117 cm³/mol. The highest BCUT2D eigenvalue weighted by Gasteiger charge is 2.36. The fraction of sp³-hybridized carbons (Fsp3) is 0.471. The fourth-order valence-corrected chi connectivity index (χ4v) is 5.57. The van der Waals surface area contributed by atoms with E-state index in [0.717, 1.165) is 35.5 Å². The highest BCUT2D eigenvalue weighted by atomic mass is 35.5. The van der Waals surface area contributed by atoms with Crippen LogP contribution in [-0.2, 0) is 21.0 Å². The highest BCUT2D eigenvalue weighted by molar-refractivity contribution is 8.01. The van der Waals surface area contributed by atoms with Crippen molar-refractivity contribution >= 4 is 61.4 Å². The van der Waals surface area contributed by atoms with E-state index >= 15 is 0 Å². The van der Waals surface area contributed by atoms with Gasteiger partial charge in [0.1, 0.15) is 6.04 Å². The number of hydrogen-bond acceptors (Lipinski definition) is 7. The highest BCUT2D eigenvalue weighted by Crippen LogP contribution is 2.38. The minimum atomic E-state index is -4.79. The number of carbonyl (C=O) groups is 1. The number of rotatable bonds is 8. The number of benzene rings is 1. The van der Waals surface area contributed by atoms with Crippen LogP contribution in [0.4, 0.5) is 24.0 Å². The molecule has 1 aromatic heterocycles. The summed E-state index contributed by atoms with van der Waals surface area (Å²) in [5, 5.41) is 9.84. The molecule has 172 valence electrons. The van der Waals surface area contributed by atoms with Crippen molar-refractivity contribution in [1.82, 2.24) is 10.2 Å². The van der Waals surface area contributed by atoms with Crippen molar-refractivity contribution in [2.24, 2.45) is 5.92 Å². The molecule has 31 heavy (non-hydrogen) atoms. The quantitative estimate of drug-likeness (QED) is 0.402. The molecule has 0 unspecified atom stereocenters. The lowest BCUT2D eigenvalue weighted by molar-refractivity contribution is -0.137. The molecule has 1 atom stereocenters. The van der Waals surface area contributed by atoms with Gasteiger partial charge in [-0.05, 0) is 31.0 Å². The first kappa shape index (κ1) is 25.7. The van der Waals surface area contributed by atoms with Crippen molar-refractivity contribution < 1.29 is 26.4 Å². The first-order valence-electron chi connectivity index (χ1n) is 8.83. The van der Waals surface area contributed by atoms with Gasteiger partial charge in [-0.3, -0.25) is 14.4 Å². The largest absolute Gasteiger partial charge is 0.417 e. The third-order valence-corrected chi connectivity index (χ3v) is 7.75. The fourth-order valence-electron chi connectivity index (χ4n) is 2.44. The van der Waals surface area contributed by atoms with Crippen molar-refractivity contribution in [3.63, 3.8) is 0 Å². The zero-order valence-corrected chi connectivity index (χ0v) is 20.1. The Balaban J connectivity index is 2.29. The van der Waals surface area contributed by atoms with Gasteiger partial charge in [-0.25, -0.2) is 8.42 Å². The van der Waals surface area contributed by atoms with Crippen LogP contribution >= 0.6 is 34.7 Å². The van der Waals surface area contributed by atoms with E-state index in [1.54, 1.807) is 0 Å². The van der Waals surface area contributed by atoms with Gasteiger partial charge in [0, 0.05) is 5.75 Å². The van der Waals surface area contributed by atoms with E-state index in [9.17, 15) is 26.4 Å². The van der Waals surface area contributed by atoms with Gasteiger partial charge in [0.25, 0.3) is 0 Å². The number of anilines is 2. The maximum absolute atomic E-state index is 13.2. The minimum Gasteiger partial charge on any atom is -0.299 e. The number of alkyl halides is 3. The smallest absolute Gasteiger partial charge is 0.299 e. The van der Waals surface area contributed by atoms with Crippen LogP contribution in [-0.4, -0.2) is 42.6 Å². The van der Waals surface area contributed by atoms with Crippen LogP contribution < -0.4 is 9.62 Å². The molecule has 0 saturated carbocycles. The zero-order valence-electron chi connectivity index (χ0n) is 16.9. The summed E-state index contributed by atoms with van der Waals surface area (Å²) < 4.78 is 65.5. The van der Waals surface area contributed by atoms with Crippen LogP contribution in [0.15, 0.2) is 22.5 Å². The molecular formula is C17H20ClF3N4O3S3. The Morgan fingerprint density at radius 3 is 2.48 bits per heavy atom. The van der Waals surface area contributed by atoms with Gasteiger partial charge in [0.15, 0.2) is 4.34 Å². The van der Waals surface area contributed by atoms with Gasteiger partial charge >= 0.3 is 6.18 Å². The minimum absolute atomic E-state index is 0.156. The molecule has 0 fully saturated rings. The van der Waals surface area contributed by atoms with Crippen LogP contribution in [0.3, 0.4) is 0 Å². The lowest BCUT2D eigenvalue weighted by Gasteiger charge is -2.28. The Hall–Kier alpha value is -1.57. The summed E-state index contributed by atoms with van der Waals surface area (Å²) in [6.45, 7) is 5.34. The van der Waals surface area contributed by atoms with Gasteiger partial charge in [0.2, 0.25) is 21.1 Å². The first-order chi connectivity index (χ1) is 14.2. The molecule has 14 heteroatoms. The summed E-state index contributed by atoms with van der Waals surface area (Å²) >= 11 is 8.20. The summed E-state index contributed by atoms with van der Waals surface area (Å²) in [6.07, 6.45) is -4.00. The SMILES string of the molecule is CC(C)CSc1nnc(NC(=O)[C@@H](C)N(c2ccc(Cl)c(C(F)(F)F)c2)S(C)(=O)=O)s1. The maximum atomic E-state index is 13.2. The van der Waals surface area contributed by atoms with Crippen molar-refractivity contribution in [2.45, 2.75) is 37.3 Å². The summed E-state index contributed by atoms with van der Waals surface area (Å²) in [4.78, 5) is 12.7. The summed E-state index contributed by atoms with van der Waals surface area (Å²) in [5.74, 6) is 0.459. The molecule has 2 rings (SSSR count). The number of sulfonamides is 1. The number of carbonyl (C=O) groups excluding carboxylic acids is 1. The number of amides is 1. The van der Waals surface area contributed by atoms with Gasteiger partial charge < -0.3 is 0 Å². The summed E-state index contributed by atoms with van der Waals surface area (Å²) in [7, 11) is -4.12. The summed E-state index contributed by atoms with van der Waals surface area (Å²) in [5.41, 5.74) is -1.55. The third-order valence-electron chi connectivity index (χ3n) is 3.78. The number of hydrogen-bond donors (Lipinski definition) is 1. The van der Waals surface area contributed by atoms with Crippen molar-refractivity contribution in [3.05, 3.63) is 28.8 Å². The normalized spacial score (nSPS) is 13.3. The second-order valence-electron chi connectivity index (χ2n) is 6.96. The molecule has 0 aliphatic heterocycles. The van der Waals surface area contributed by atoms with Crippen molar-refractivity contribution in [3.8, 4) is 0 Å². The molecule has 0 aliphatic rings. The van der Waals surface area contributed by atoms with Crippen molar-refractivity contribution in [1.29, 1.82) is 0 Å². The van der Waals surface area contributed by atoms with E-state index in [1.165, 1.54) is 18.7 Å². The van der Waals surface area contributed by atoms with Gasteiger partial charge in [-0.2, -0.15) is 13.2 Å². The number of nitrogens with one attached hydrogen (secondary N) is 1. The molecule has 1 heterocycles. The van der Waals surface area contributed by atoms with E-state index in [1.807, 2.05) is 13.8 Å². The third kappa shape index (κ3) is 6.96. The van der Waals surface area contributed by atoms with Gasteiger partial charge in [-0.15, -0.1) is 10.2 Å². The van der Waals surface area contributed by atoms with Crippen LogP contribution in [0.1, 0.15) is 26.3 Å². The van der Waals surface area contributed by atoms with E-state index < -0.39 is 38.7 Å². The molecule has 1 amide bonds. The number of thioether (sulfide) groups is 1. The first-order valence-corrected chi connectivity index (χ1v) is 12.9. The Morgan fingerprint density at radius 2 is 1.94 bits per heavy atom. The van der Waals surface area contributed by atoms with Crippen LogP contribution in [0.5, 0.6) is 0 Å². The van der Waals surface area contributed by atoms with Crippen LogP contribution in [0.2, 0.25) is 5.02 Å². The Morgan fingerprint density at radius 1 is 1.29 bits per heavy atom. The zero-order chi connectivity index (χ0) is 23.6. The Kier molecular flexibility index (Phi) is 8.22. The lowest BCUT2D eigenvalue weighted by atomic mass is 10.1. The van der Waals surface area contributed by atoms with Gasteiger partial charge in [-0.1, -0.05) is 48.5 Å². The molecule has 0 bridgehead atoms. The predicted octanol–water partition coefficient (Wildman–Crippen LogP) is 4.75. The van der Waals surface area contributed by atoms with Crippen molar-refractivity contribution in [2.75, 3.05) is 21.6 Å². The van der Waals surface area contributed by atoms with E-state index in [-0.39, 0.29) is 10.8 Å². The molecule has 2 aromatic rings. The molecule has 1 N–H and O–H groups in total. The molecule has 1 aromatic carbocycles. The lowest BCUT2D eigenvalue weighted by Crippen LogP contribution is -2.45. The molecular weight excluding hydrogens is 497 g/mol. The second-order valence-corrected chi connectivity index (χ2v) is 11.5. The maximum Gasteiger partial charge on any atom is 0.417 e. The Labute approximate surface area is 191 Å². The van der Waals surface area contributed by atoms with Crippen LogP contribution in [0, 0.1) is 5.92 Å². The number of aromatic nitrogens is 2. The van der Waals surface area contributed by atoms with E-state index in [2.05, 4.69) is 15.5 Å². The van der Waals surface area contributed by atoms with Crippen LogP contribution in [0.25, 0.3) is 0 Å². The number of nitrogens with zero attached hydrogens (tertiary/aromatic N) is 3. The number of halogens is 4. The second kappa shape index (κ2) is 9.92. The summed E-state index contributed by atoms with van der Waals surface area (Å²) in [6, 6.07) is 1.27. The van der Waals surface area contributed by atoms with E-state index in [0.29, 0.717) is 20.6 Å². The average Bonchev–Trinajstić information content (AvgIpc) is 3.06. The van der Waals surface area contributed by atoms with Gasteiger partial charge in [0.05, 0.1) is 22.5 Å². The topological polar surface area (TPSA) is 92.3 Å². The molecule has 0 aliphatic carbocycles. The van der Waals surface area contributed by atoms with E-state index in [4.69, 9.17) is 11.6 Å². The molecule has 0 saturated heterocycles. The average molecular weight is 517 g/mol. The molecule has 0 spiro atoms. The molecule has 7 nitrogen and oxygen atoms in total. The molecule has 0 radical (unpaired) electrons. The Bertz CT molecular complexity index is 1040. The monoisotopic (exact) mass is 516 g/mol.